The zero-order valence-corrected chi connectivity index (χ0v) is 21.5. The van der Waals surface area contributed by atoms with Gasteiger partial charge >= 0.3 is 0 Å². The van der Waals surface area contributed by atoms with Gasteiger partial charge < -0.3 is 24.4 Å². The van der Waals surface area contributed by atoms with Crippen LogP contribution in [0.4, 0.5) is 0 Å². The van der Waals surface area contributed by atoms with Gasteiger partial charge in [-0.1, -0.05) is 24.6 Å². The molecule has 9 nitrogen and oxygen atoms in total. The van der Waals surface area contributed by atoms with E-state index >= 15 is 0 Å². The number of nitrogens with one attached hydrogen (secondary N) is 1. The first-order valence-corrected chi connectivity index (χ1v) is 12.8. The van der Waals surface area contributed by atoms with Crippen LogP contribution in [0.3, 0.4) is 0 Å². The Kier molecular flexibility index (Phi) is 6.81. The molecule has 9 heteroatoms. The lowest BCUT2D eigenvalue weighted by atomic mass is 9.95. The number of carbonyl (C=O) groups is 3. The Hall–Kier alpha value is -3.59. The molecule has 0 bridgehead atoms. The van der Waals surface area contributed by atoms with Crippen LogP contribution in [0.1, 0.15) is 59.4 Å². The highest BCUT2D eigenvalue weighted by Gasteiger charge is 2.54. The molecule has 0 saturated carbocycles. The molecule has 3 heterocycles. The molecule has 0 radical (unpaired) electrons. The number of carbonyl (C=O) groups excluding carboxylic acids is 3. The number of fused-ring (bicyclic) bond motifs is 1. The third-order valence-electron chi connectivity index (χ3n) is 7.53. The molecule has 2 aromatic rings. The monoisotopic (exact) mass is 507 g/mol. The van der Waals surface area contributed by atoms with Crippen LogP contribution in [0.15, 0.2) is 42.5 Å². The predicted octanol–water partition coefficient (Wildman–Crippen LogP) is 3.11. The molecule has 37 heavy (non-hydrogen) atoms. The minimum absolute atomic E-state index is 0.0125. The maximum atomic E-state index is 13.8. The third kappa shape index (κ3) is 4.75. The van der Waals surface area contributed by atoms with Crippen molar-refractivity contribution in [3.05, 3.63) is 59.2 Å². The summed E-state index contributed by atoms with van der Waals surface area (Å²) in [5.41, 5.74) is 1.12. The number of hydrogen-bond acceptors (Lipinski definition) is 6. The lowest BCUT2D eigenvalue weighted by molar-refractivity contribution is -0.128. The van der Waals surface area contributed by atoms with E-state index in [1.807, 2.05) is 32.9 Å². The van der Waals surface area contributed by atoms with Crippen LogP contribution in [-0.4, -0.2) is 71.8 Å². The first-order valence-electron chi connectivity index (χ1n) is 12.8. The average molecular weight is 508 g/mol. The van der Waals surface area contributed by atoms with Gasteiger partial charge in [0.25, 0.3) is 11.8 Å². The molecule has 0 aromatic heterocycles. The summed E-state index contributed by atoms with van der Waals surface area (Å²) >= 11 is 0. The molecule has 2 aromatic carbocycles. The first-order chi connectivity index (χ1) is 17.8. The topological polar surface area (TPSA) is 97.4 Å². The van der Waals surface area contributed by atoms with E-state index in [9.17, 15) is 14.4 Å². The lowest BCUT2D eigenvalue weighted by Crippen LogP contribution is -2.60. The molecule has 2 fully saturated rings. The van der Waals surface area contributed by atoms with Crippen LogP contribution < -0.4 is 14.8 Å². The zero-order chi connectivity index (χ0) is 26.2. The number of hydrogen-bond donors (Lipinski definition) is 1. The van der Waals surface area contributed by atoms with E-state index in [-0.39, 0.29) is 37.2 Å². The molecule has 3 aliphatic rings. The summed E-state index contributed by atoms with van der Waals surface area (Å²) in [5, 5.41) is 3.01. The molecular weight excluding hydrogens is 474 g/mol. The smallest absolute Gasteiger partial charge is 0.256 e. The summed E-state index contributed by atoms with van der Waals surface area (Å²) < 4.78 is 17.0. The van der Waals surface area contributed by atoms with Crippen molar-refractivity contribution in [2.24, 2.45) is 0 Å². The number of aryl methyl sites for hydroxylation is 1. The van der Waals surface area contributed by atoms with Gasteiger partial charge in [-0.05, 0) is 50.6 Å². The van der Waals surface area contributed by atoms with E-state index < -0.39 is 11.8 Å². The van der Waals surface area contributed by atoms with Gasteiger partial charge in [-0.3, -0.25) is 19.3 Å². The fourth-order valence-corrected chi connectivity index (χ4v) is 5.11. The Morgan fingerprint density at radius 3 is 2.38 bits per heavy atom. The Balaban J connectivity index is 1.36. The quantitative estimate of drug-likeness (QED) is 0.668. The van der Waals surface area contributed by atoms with Crippen molar-refractivity contribution < 1.29 is 28.6 Å². The second-order valence-corrected chi connectivity index (χ2v) is 9.99. The standard InChI is InChI=1S/C28H33N3O6/c1-4-19(3)29-25(32)22-16-37-28(31(22)27(34)20-7-5-18(2)6-8-20)11-13-30(14-12-28)26(33)21-9-10-23-24(15-21)36-17-35-23/h5-10,15,19,22H,4,11-14,16-17H2,1-3H3,(H,29,32)/t19-,22-/m1/s1. The molecule has 0 unspecified atom stereocenters. The number of rotatable bonds is 5. The van der Waals surface area contributed by atoms with E-state index in [0.717, 1.165) is 12.0 Å². The zero-order valence-electron chi connectivity index (χ0n) is 21.5. The van der Waals surface area contributed by atoms with Crippen molar-refractivity contribution >= 4 is 17.7 Å². The number of benzene rings is 2. The van der Waals surface area contributed by atoms with Crippen molar-refractivity contribution in [1.82, 2.24) is 15.1 Å². The van der Waals surface area contributed by atoms with Crippen LogP contribution in [0.25, 0.3) is 0 Å². The number of piperidine rings is 1. The van der Waals surface area contributed by atoms with Gasteiger partial charge in [0.1, 0.15) is 11.8 Å². The van der Waals surface area contributed by atoms with Crippen molar-refractivity contribution in [2.75, 3.05) is 26.5 Å². The highest BCUT2D eigenvalue weighted by atomic mass is 16.7. The summed E-state index contributed by atoms with van der Waals surface area (Å²) in [6, 6.07) is 11.8. The van der Waals surface area contributed by atoms with Crippen LogP contribution in [0.2, 0.25) is 0 Å². The van der Waals surface area contributed by atoms with Gasteiger partial charge in [-0.25, -0.2) is 0 Å². The highest BCUT2D eigenvalue weighted by molar-refractivity contribution is 5.99. The Labute approximate surface area is 216 Å². The normalized spacial score (nSPS) is 20.7. The van der Waals surface area contributed by atoms with Crippen molar-refractivity contribution in [3.8, 4) is 11.5 Å². The molecule has 3 amide bonds. The minimum Gasteiger partial charge on any atom is -0.454 e. The van der Waals surface area contributed by atoms with Crippen molar-refractivity contribution in [1.29, 1.82) is 0 Å². The Morgan fingerprint density at radius 1 is 1.00 bits per heavy atom. The molecule has 1 spiro atoms. The maximum Gasteiger partial charge on any atom is 0.256 e. The molecule has 196 valence electrons. The first kappa shape index (κ1) is 25.1. The predicted molar refractivity (Wildman–Crippen MR) is 135 cm³/mol. The Morgan fingerprint density at radius 2 is 1.68 bits per heavy atom. The fraction of sp³-hybridized carbons (Fsp3) is 0.464. The average Bonchev–Trinajstić information content (AvgIpc) is 3.53. The van der Waals surface area contributed by atoms with Gasteiger partial charge in [-0.2, -0.15) is 0 Å². The van der Waals surface area contributed by atoms with Gasteiger partial charge in [0.05, 0.1) is 6.61 Å². The summed E-state index contributed by atoms with van der Waals surface area (Å²) in [6.07, 6.45) is 1.61. The number of ether oxygens (including phenoxy) is 3. The van der Waals surface area contributed by atoms with Crippen LogP contribution in [0.5, 0.6) is 11.5 Å². The summed E-state index contributed by atoms with van der Waals surface area (Å²) in [7, 11) is 0. The third-order valence-corrected chi connectivity index (χ3v) is 7.53. The lowest BCUT2D eigenvalue weighted by Gasteiger charge is -2.44. The minimum atomic E-state index is -0.953. The van der Waals surface area contributed by atoms with E-state index in [4.69, 9.17) is 14.2 Å². The molecule has 5 rings (SSSR count). The molecule has 3 aliphatic heterocycles. The molecule has 1 N–H and O–H groups in total. The van der Waals surface area contributed by atoms with Gasteiger partial charge in [0.2, 0.25) is 12.7 Å². The number of likely N-dealkylation sites (tertiary alicyclic amines) is 1. The second-order valence-electron chi connectivity index (χ2n) is 9.99. The van der Waals surface area contributed by atoms with Crippen LogP contribution in [-0.2, 0) is 9.53 Å². The van der Waals surface area contributed by atoms with E-state index in [2.05, 4.69) is 5.32 Å². The van der Waals surface area contributed by atoms with E-state index in [0.29, 0.717) is 48.6 Å². The largest absolute Gasteiger partial charge is 0.454 e. The maximum absolute atomic E-state index is 13.8. The fourth-order valence-electron chi connectivity index (χ4n) is 5.11. The van der Waals surface area contributed by atoms with E-state index in [1.165, 1.54) is 0 Å². The van der Waals surface area contributed by atoms with Gasteiger partial charge in [0.15, 0.2) is 11.5 Å². The van der Waals surface area contributed by atoms with Gasteiger partial charge in [0, 0.05) is 43.1 Å². The van der Waals surface area contributed by atoms with Crippen molar-refractivity contribution in [3.63, 3.8) is 0 Å². The summed E-state index contributed by atoms with van der Waals surface area (Å²) in [6.45, 7) is 6.96. The molecular formula is C28H33N3O6. The molecule has 0 aliphatic carbocycles. The van der Waals surface area contributed by atoms with Crippen molar-refractivity contribution in [2.45, 2.75) is 57.8 Å². The summed E-state index contributed by atoms with van der Waals surface area (Å²) in [4.78, 5) is 43.6. The van der Waals surface area contributed by atoms with E-state index in [1.54, 1.807) is 40.1 Å². The number of nitrogens with zero attached hydrogens (tertiary/aromatic N) is 2. The number of amides is 3. The Bertz CT molecular complexity index is 1190. The van der Waals surface area contributed by atoms with Gasteiger partial charge in [-0.15, -0.1) is 0 Å². The van der Waals surface area contributed by atoms with Crippen LogP contribution in [0, 0.1) is 6.92 Å². The summed E-state index contributed by atoms with van der Waals surface area (Å²) in [5.74, 6) is 0.612. The van der Waals surface area contributed by atoms with Crippen LogP contribution >= 0.6 is 0 Å². The molecule has 2 saturated heterocycles. The molecule has 2 atom stereocenters. The highest BCUT2D eigenvalue weighted by Crippen LogP contribution is 2.39. The SMILES string of the molecule is CC[C@@H](C)NC(=O)[C@H]1COC2(CCN(C(=O)c3ccc4c(c3)OCO4)CC2)N1C(=O)c1ccc(C)cc1. The second kappa shape index (κ2) is 10.0.